The van der Waals surface area contributed by atoms with Gasteiger partial charge in [-0.1, -0.05) is 42.8 Å². The summed E-state index contributed by atoms with van der Waals surface area (Å²) in [6.07, 6.45) is 1.62. The average Bonchev–Trinajstić information content (AvgIpc) is 3.32. The summed E-state index contributed by atoms with van der Waals surface area (Å²) in [7, 11) is 0. The topological polar surface area (TPSA) is 49.9 Å². The van der Waals surface area contributed by atoms with Crippen LogP contribution in [0.15, 0.2) is 60.0 Å². The normalized spacial score (nSPS) is 15.0. The van der Waals surface area contributed by atoms with Gasteiger partial charge < -0.3 is 14.5 Å². The van der Waals surface area contributed by atoms with Gasteiger partial charge in [-0.25, -0.2) is 0 Å². The quantitative estimate of drug-likeness (QED) is 0.436. The van der Waals surface area contributed by atoms with Gasteiger partial charge in [0.25, 0.3) is 5.91 Å². The van der Waals surface area contributed by atoms with Crippen molar-refractivity contribution >= 4 is 23.2 Å². The molecule has 2 amide bonds. The third kappa shape index (κ3) is 5.33. The Balaban J connectivity index is 1.53. The fraction of sp³-hybridized carbons (Fsp3) is 0.357. The highest BCUT2D eigenvalue weighted by Crippen LogP contribution is 2.34. The molecule has 0 fully saturated rings. The van der Waals surface area contributed by atoms with Gasteiger partial charge in [0.1, 0.15) is 18.9 Å². The largest absolute Gasteiger partial charge is 0.491 e. The minimum atomic E-state index is -0.168. The molecule has 0 aliphatic carbocycles. The van der Waals surface area contributed by atoms with Gasteiger partial charge in [0.15, 0.2) is 0 Å². The number of hydrogen-bond donors (Lipinski definition) is 0. The lowest BCUT2D eigenvalue weighted by Gasteiger charge is -2.37. The Labute approximate surface area is 206 Å². The van der Waals surface area contributed by atoms with Crippen molar-refractivity contribution in [2.45, 2.75) is 39.7 Å². The average molecular weight is 477 g/mol. The van der Waals surface area contributed by atoms with E-state index in [0.29, 0.717) is 25.3 Å². The number of carbonyl (C=O) groups is 2. The number of benzene rings is 2. The van der Waals surface area contributed by atoms with Crippen LogP contribution in [-0.2, 0) is 11.2 Å². The van der Waals surface area contributed by atoms with Crippen LogP contribution in [0, 0.1) is 13.8 Å². The zero-order valence-corrected chi connectivity index (χ0v) is 20.9. The van der Waals surface area contributed by atoms with Crippen molar-refractivity contribution in [3.05, 3.63) is 87.1 Å². The van der Waals surface area contributed by atoms with Crippen molar-refractivity contribution in [2.24, 2.45) is 0 Å². The van der Waals surface area contributed by atoms with E-state index < -0.39 is 0 Å². The number of aryl methyl sites for hydroxylation is 2. The van der Waals surface area contributed by atoms with Crippen molar-refractivity contribution in [1.29, 1.82) is 0 Å². The van der Waals surface area contributed by atoms with Gasteiger partial charge in [-0.2, -0.15) is 0 Å². The molecule has 0 radical (unpaired) electrons. The monoisotopic (exact) mass is 476 g/mol. The van der Waals surface area contributed by atoms with E-state index in [0.717, 1.165) is 29.7 Å². The van der Waals surface area contributed by atoms with Crippen LogP contribution in [-0.4, -0.2) is 47.9 Å². The van der Waals surface area contributed by atoms with Gasteiger partial charge in [0.2, 0.25) is 5.91 Å². The molecule has 1 aliphatic rings. The first-order valence-corrected chi connectivity index (χ1v) is 12.8. The van der Waals surface area contributed by atoms with Crippen molar-refractivity contribution < 1.29 is 14.3 Å². The molecule has 2 aromatic carbocycles. The van der Waals surface area contributed by atoms with E-state index in [1.165, 1.54) is 10.4 Å². The molecule has 0 N–H and O–H groups in total. The van der Waals surface area contributed by atoms with Gasteiger partial charge >= 0.3 is 0 Å². The van der Waals surface area contributed by atoms with Crippen LogP contribution in [0.5, 0.6) is 5.75 Å². The summed E-state index contributed by atoms with van der Waals surface area (Å²) < 4.78 is 6.24. The summed E-state index contributed by atoms with van der Waals surface area (Å²) in [5.41, 5.74) is 4.04. The Morgan fingerprint density at radius 2 is 1.91 bits per heavy atom. The van der Waals surface area contributed by atoms with Crippen molar-refractivity contribution in [3.63, 3.8) is 0 Å². The van der Waals surface area contributed by atoms with E-state index in [-0.39, 0.29) is 24.4 Å². The summed E-state index contributed by atoms with van der Waals surface area (Å²) in [4.78, 5) is 31.5. The summed E-state index contributed by atoms with van der Waals surface area (Å²) in [6.45, 7) is 7.76. The Hall–Kier alpha value is -3.12. The number of thiophene rings is 1. The van der Waals surface area contributed by atoms with Crippen LogP contribution in [0.4, 0.5) is 0 Å². The number of amides is 2. The SMILES string of the molecule is CCCN(CC(=O)N1CCc2sccc2[C@@H]1COc1ccc(C)cc1C)C(=O)c1ccccc1. The molecule has 0 bridgehead atoms. The molecule has 2 heterocycles. The minimum Gasteiger partial charge on any atom is -0.491 e. The predicted octanol–water partition coefficient (Wildman–Crippen LogP) is 5.42. The van der Waals surface area contributed by atoms with Gasteiger partial charge in [-0.3, -0.25) is 9.59 Å². The van der Waals surface area contributed by atoms with Gasteiger partial charge in [0.05, 0.1) is 6.04 Å². The van der Waals surface area contributed by atoms with E-state index in [9.17, 15) is 9.59 Å². The summed E-state index contributed by atoms with van der Waals surface area (Å²) in [5.74, 6) is 0.697. The number of carbonyl (C=O) groups excluding carboxylic acids is 2. The van der Waals surface area contributed by atoms with Crippen LogP contribution in [0.25, 0.3) is 0 Å². The summed E-state index contributed by atoms with van der Waals surface area (Å²) in [6, 6.07) is 17.3. The number of nitrogens with zero attached hydrogens (tertiary/aromatic N) is 2. The number of hydrogen-bond acceptors (Lipinski definition) is 4. The molecule has 6 heteroatoms. The van der Waals surface area contributed by atoms with E-state index in [2.05, 4.69) is 24.4 Å². The van der Waals surface area contributed by atoms with Gasteiger partial charge in [-0.15, -0.1) is 11.3 Å². The van der Waals surface area contributed by atoms with Gasteiger partial charge in [0, 0.05) is 23.5 Å². The lowest BCUT2D eigenvalue weighted by atomic mass is 10.00. The zero-order valence-electron chi connectivity index (χ0n) is 20.1. The molecule has 3 aromatic rings. The van der Waals surface area contributed by atoms with Crippen molar-refractivity contribution in [2.75, 3.05) is 26.2 Å². The van der Waals surface area contributed by atoms with Crippen molar-refractivity contribution in [1.82, 2.24) is 9.80 Å². The third-order valence-corrected chi connectivity index (χ3v) is 7.27. The molecule has 5 nitrogen and oxygen atoms in total. The standard InChI is InChI=1S/C28H32N2O3S/c1-4-14-29(28(32)22-8-6-5-7-9-22)18-27(31)30-15-12-26-23(13-16-34-26)24(30)19-33-25-11-10-20(2)17-21(25)3/h5-11,13,16-17,24H,4,12,14-15,18-19H2,1-3H3/t24-/m0/s1. The molecule has 0 saturated heterocycles. The van der Waals surface area contributed by atoms with E-state index in [1.54, 1.807) is 28.4 Å². The van der Waals surface area contributed by atoms with E-state index in [4.69, 9.17) is 4.74 Å². The summed E-state index contributed by atoms with van der Waals surface area (Å²) >= 11 is 1.74. The molecule has 0 saturated carbocycles. The Morgan fingerprint density at radius 3 is 2.65 bits per heavy atom. The van der Waals surface area contributed by atoms with Crippen LogP contribution >= 0.6 is 11.3 Å². The van der Waals surface area contributed by atoms with E-state index >= 15 is 0 Å². The highest BCUT2D eigenvalue weighted by atomic mass is 32.1. The van der Waals surface area contributed by atoms with Crippen LogP contribution in [0.2, 0.25) is 0 Å². The Bertz CT molecular complexity index is 1140. The lowest BCUT2D eigenvalue weighted by molar-refractivity contribution is -0.135. The fourth-order valence-electron chi connectivity index (χ4n) is 4.54. The molecular formula is C28H32N2O3S. The highest BCUT2D eigenvalue weighted by molar-refractivity contribution is 7.10. The fourth-order valence-corrected chi connectivity index (χ4v) is 5.47. The molecule has 4 rings (SSSR count). The second-order valence-electron chi connectivity index (χ2n) is 8.82. The maximum absolute atomic E-state index is 13.6. The smallest absolute Gasteiger partial charge is 0.254 e. The first-order chi connectivity index (χ1) is 16.5. The van der Waals surface area contributed by atoms with E-state index in [1.807, 2.05) is 49.1 Å². The maximum Gasteiger partial charge on any atom is 0.254 e. The van der Waals surface area contributed by atoms with Crippen molar-refractivity contribution in [3.8, 4) is 5.75 Å². The Kier molecular flexibility index (Phi) is 7.68. The summed E-state index contributed by atoms with van der Waals surface area (Å²) in [5, 5.41) is 2.09. The minimum absolute atomic E-state index is 0.0381. The van der Waals surface area contributed by atoms with Gasteiger partial charge in [-0.05, 0) is 67.5 Å². The zero-order chi connectivity index (χ0) is 24.1. The first-order valence-electron chi connectivity index (χ1n) is 11.9. The molecule has 178 valence electrons. The molecule has 1 atom stereocenters. The third-order valence-electron chi connectivity index (χ3n) is 6.27. The first kappa shape index (κ1) is 24.0. The molecule has 0 spiro atoms. The number of ether oxygens (including phenoxy) is 1. The Morgan fingerprint density at radius 1 is 1.12 bits per heavy atom. The molecular weight excluding hydrogens is 444 g/mol. The van der Waals surface area contributed by atoms with Crippen LogP contribution in [0.3, 0.4) is 0 Å². The number of fused-ring (bicyclic) bond motifs is 1. The predicted molar refractivity (Wildman–Crippen MR) is 137 cm³/mol. The second kappa shape index (κ2) is 10.9. The molecule has 1 aromatic heterocycles. The lowest BCUT2D eigenvalue weighted by Crippen LogP contribution is -2.48. The second-order valence-corrected chi connectivity index (χ2v) is 9.83. The highest BCUT2D eigenvalue weighted by Gasteiger charge is 2.33. The van der Waals surface area contributed by atoms with Crippen LogP contribution in [0.1, 0.15) is 51.3 Å². The molecule has 0 unspecified atom stereocenters. The van der Waals surface area contributed by atoms with Crippen LogP contribution < -0.4 is 4.74 Å². The molecule has 34 heavy (non-hydrogen) atoms. The maximum atomic E-state index is 13.6. The number of rotatable bonds is 8. The molecule has 1 aliphatic heterocycles.